The van der Waals surface area contributed by atoms with Crippen molar-refractivity contribution in [1.82, 2.24) is 0 Å². The third-order valence-corrected chi connectivity index (χ3v) is 5.62. The molecule has 1 aliphatic rings. The minimum Gasteiger partial charge on any atom is -0.393 e. The highest BCUT2D eigenvalue weighted by Gasteiger charge is 2.29. The van der Waals surface area contributed by atoms with Crippen molar-refractivity contribution >= 4 is 21.4 Å². The van der Waals surface area contributed by atoms with Gasteiger partial charge in [-0.1, -0.05) is 17.7 Å². The van der Waals surface area contributed by atoms with E-state index in [2.05, 4.69) is 0 Å². The molecule has 2 atom stereocenters. The molecule has 0 aromatic heterocycles. The average molecular weight is 307 g/mol. The molecule has 1 fully saturated rings. The lowest BCUT2D eigenvalue weighted by molar-refractivity contribution is 0.146. The molecule has 0 bridgehead atoms. The van der Waals surface area contributed by atoms with Crippen LogP contribution in [0.1, 0.15) is 18.4 Å². The zero-order valence-corrected chi connectivity index (χ0v) is 11.9. The first-order valence-electron chi connectivity index (χ1n) is 6.19. The molecule has 0 radical (unpaired) electrons. The molecule has 1 heterocycles. The van der Waals surface area contributed by atoms with Crippen LogP contribution in [0.3, 0.4) is 0 Å². The fourth-order valence-corrected chi connectivity index (χ4v) is 4.61. The van der Waals surface area contributed by atoms with Gasteiger partial charge in [0, 0.05) is 17.0 Å². The van der Waals surface area contributed by atoms with E-state index in [0.29, 0.717) is 12.8 Å². The number of rotatable bonds is 4. The minimum atomic E-state index is -2.94. The molecule has 2 rings (SSSR count). The van der Waals surface area contributed by atoms with Crippen LogP contribution >= 0.6 is 11.6 Å². The van der Waals surface area contributed by atoms with Crippen LogP contribution in [0.4, 0.5) is 4.39 Å². The van der Waals surface area contributed by atoms with E-state index < -0.39 is 21.8 Å². The molecule has 1 saturated heterocycles. The second-order valence-electron chi connectivity index (χ2n) is 5.06. The Morgan fingerprint density at radius 3 is 2.79 bits per heavy atom. The molecule has 1 aromatic rings. The molecule has 2 unspecified atom stereocenters. The van der Waals surface area contributed by atoms with Crippen LogP contribution in [0.2, 0.25) is 5.02 Å². The Morgan fingerprint density at radius 1 is 1.47 bits per heavy atom. The molecule has 6 heteroatoms. The molecule has 19 heavy (non-hydrogen) atoms. The van der Waals surface area contributed by atoms with Gasteiger partial charge in [0.1, 0.15) is 5.82 Å². The Labute approximate surface area is 117 Å². The third-order valence-electron chi connectivity index (χ3n) is 3.43. The summed E-state index contributed by atoms with van der Waals surface area (Å²) in [5.41, 5.74) is 0.289. The minimum absolute atomic E-state index is 0.0365. The Morgan fingerprint density at radius 2 is 2.21 bits per heavy atom. The van der Waals surface area contributed by atoms with Crippen molar-refractivity contribution in [2.24, 2.45) is 5.92 Å². The van der Waals surface area contributed by atoms with Crippen molar-refractivity contribution in [2.45, 2.75) is 25.4 Å². The highest BCUT2D eigenvalue weighted by molar-refractivity contribution is 7.91. The summed E-state index contributed by atoms with van der Waals surface area (Å²) in [5, 5.41) is 10.3. The number of hydrogen-bond acceptors (Lipinski definition) is 3. The van der Waals surface area contributed by atoms with E-state index in [4.69, 9.17) is 11.6 Å². The van der Waals surface area contributed by atoms with E-state index in [1.54, 1.807) is 6.07 Å². The van der Waals surface area contributed by atoms with Gasteiger partial charge in [0.15, 0.2) is 9.84 Å². The van der Waals surface area contributed by atoms with Gasteiger partial charge in [-0.25, -0.2) is 12.8 Å². The van der Waals surface area contributed by atoms with Gasteiger partial charge < -0.3 is 5.11 Å². The Bertz CT molecular complexity index is 539. The van der Waals surface area contributed by atoms with Crippen LogP contribution in [0.25, 0.3) is 0 Å². The van der Waals surface area contributed by atoms with Crippen molar-refractivity contribution in [3.8, 4) is 0 Å². The zero-order chi connectivity index (χ0) is 14.0. The van der Waals surface area contributed by atoms with E-state index in [9.17, 15) is 17.9 Å². The van der Waals surface area contributed by atoms with Crippen LogP contribution in [0, 0.1) is 11.7 Å². The number of benzene rings is 1. The number of aliphatic hydroxyl groups is 1. The topological polar surface area (TPSA) is 54.4 Å². The van der Waals surface area contributed by atoms with Gasteiger partial charge in [-0.05, 0) is 30.9 Å². The zero-order valence-electron chi connectivity index (χ0n) is 10.4. The summed E-state index contributed by atoms with van der Waals surface area (Å²) in [6, 6.07) is 4.39. The Balaban J connectivity index is 1.97. The largest absolute Gasteiger partial charge is 0.393 e. The SMILES string of the molecule is O=S1(=O)CCC(CC(O)Cc2c(F)cccc2Cl)C1. The molecule has 1 aliphatic heterocycles. The molecule has 3 nitrogen and oxygen atoms in total. The molecule has 0 amide bonds. The first-order chi connectivity index (χ1) is 8.87. The monoisotopic (exact) mass is 306 g/mol. The van der Waals surface area contributed by atoms with Gasteiger partial charge in [-0.15, -0.1) is 0 Å². The second kappa shape index (κ2) is 5.77. The normalized spacial score (nSPS) is 23.4. The second-order valence-corrected chi connectivity index (χ2v) is 7.70. The summed E-state index contributed by atoms with van der Waals surface area (Å²) in [4.78, 5) is 0. The van der Waals surface area contributed by atoms with E-state index in [1.165, 1.54) is 12.1 Å². The predicted molar refractivity (Wildman–Crippen MR) is 72.5 cm³/mol. The molecule has 1 N–H and O–H groups in total. The first-order valence-corrected chi connectivity index (χ1v) is 8.38. The number of sulfone groups is 1. The van der Waals surface area contributed by atoms with Crippen molar-refractivity contribution in [2.75, 3.05) is 11.5 Å². The van der Waals surface area contributed by atoms with Crippen molar-refractivity contribution in [3.05, 3.63) is 34.6 Å². The van der Waals surface area contributed by atoms with Crippen molar-refractivity contribution in [1.29, 1.82) is 0 Å². The first kappa shape index (κ1) is 14.8. The standard InChI is InChI=1S/C13H16ClFO3S/c14-12-2-1-3-13(15)11(12)7-10(16)6-9-4-5-19(17,18)8-9/h1-3,9-10,16H,4-8H2. The lowest BCUT2D eigenvalue weighted by atomic mass is 9.96. The van der Waals surface area contributed by atoms with Gasteiger partial charge in [0.25, 0.3) is 0 Å². The van der Waals surface area contributed by atoms with Gasteiger partial charge in [-0.3, -0.25) is 0 Å². The fourth-order valence-electron chi connectivity index (χ4n) is 2.49. The molecular weight excluding hydrogens is 291 g/mol. The summed E-state index contributed by atoms with van der Waals surface area (Å²) < 4.78 is 36.2. The summed E-state index contributed by atoms with van der Waals surface area (Å²) in [5.74, 6) is -0.170. The van der Waals surface area contributed by atoms with E-state index in [1.807, 2.05) is 0 Å². The number of hydrogen-bond donors (Lipinski definition) is 1. The van der Waals surface area contributed by atoms with E-state index in [-0.39, 0.29) is 34.4 Å². The number of halogens is 2. The van der Waals surface area contributed by atoms with Gasteiger partial charge in [0.05, 0.1) is 17.6 Å². The van der Waals surface area contributed by atoms with E-state index in [0.717, 1.165) is 0 Å². The van der Waals surface area contributed by atoms with Crippen molar-refractivity contribution < 1.29 is 17.9 Å². The molecule has 1 aromatic carbocycles. The maximum atomic E-state index is 13.6. The maximum absolute atomic E-state index is 13.6. The smallest absolute Gasteiger partial charge is 0.150 e. The Kier molecular flexibility index (Phi) is 4.48. The maximum Gasteiger partial charge on any atom is 0.150 e. The summed E-state index contributed by atoms with van der Waals surface area (Å²) in [6.07, 6.45) is 0.281. The fraction of sp³-hybridized carbons (Fsp3) is 0.538. The van der Waals surface area contributed by atoms with Crippen LogP contribution in [0.5, 0.6) is 0 Å². The lowest BCUT2D eigenvalue weighted by Crippen LogP contribution is -2.18. The van der Waals surface area contributed by atoms with Crippen LogP contribution in [-0.2, 0) is 16.3 Å². The van der Waals surface area contributed by atoms with Gasteiger partial charge >= 0.3 is 0 Å². The van der Waals surface area contributed by atoms with Gasteiger partial charge in [-0.2, -0.15) is 0 Å². The predicted octanol–water partition coefficient (Wildman–Crippen LogP) is 2.21. The van der Waals surface area contributed by atoms with Crippen molar-refractivity contribution in [3.63, 3.8) is 0 Å². The highest BCUT2D eigenvalue weighted by atomic mass is 35.5. The Hall–Kier alpha value is -0.650. The molecule has 0 spiro atoms. The van der Waals surface area contributed by atoms with Crippen LogP contribution in [-0.4, -0.2) is 31.1 Å². The number of aliphatic hydroxyl groups excluding tert-OH is 1. The summed E-state index contributed by atoms with van der Waals surface area (Å²) in [6.45, 7) is 0. The molecule has 106 valence electrons. The molecular formula is C13H16ClFO3S. The third kappa shape index (κ3) is 3.91. The highest BCUT2D eigenvalue weighted by Crippen LogP contribution is 2.26. The van der Waals surface area contributed by atoms with Gasteiger partial charge in [0.2, 0.25) is 0 Å². The molecule has 0 saturated carbocycles. The average Bonchev–Trinajstić information content (AvgIpc) is 2.63. The van der Waals surface area contributed by atoms with Crippen LogP contribution < -0.4 is 0 Å². The van der Waals surface area contributed by atoms with E-state index >= 15 is 0 Å². The quantitative estimate of drug-likeness (QED) is 0.928. The lowest BCUT2D eigenvalue weighted by Gasteiger charge is -2.15. The molecule has 0 aliphatic carbocycles. The summed E-state index contributed by atoms with van der Waals surface area (Å²) in [7, 11) is -2.94. The van der Waals surface area contributed by atoms with Crippen LogP contribution in [0.15, 0.2) is 18.2 Å². The summed E-state index contributed by atoms with van der Waals surface area (Å²) >= 11 is 5.89.